The van der Waals surface area contributed by atoms with Crippen LogP contribution in [0.5, 0.6) is 5.75 Å². The molecule has 0 aliphatic carbocycles. The molecule has 1 atom stereocenters. The van der Waals surface area contributed by atoms with E-state index in [1.807, 2.05) is 23.1 Å². The van der Waals surface area contributed by atoms with Crippen LogP contribution in [0.15, 0.2) is 54.6 Å². The van der Waals surface area contributed by atoms with Crippen LogP contribution < -0.4 is 10.1 Å². The third kappa shape index (κ3) is 5.57. The molecule has 1 unspecified atom stereocenters. The average Bonchev–Trinajstić information content (AvgIpc) is 3.25. The molecule has 1 heterocycles. The molecule has 1 fully saturated rings. The highest BCUT2D eigenvalue weighted by atomic mass is 35.5. The zero-order valence-corrected chi connectivity index (χ0v) is 16.9. The summed E-state index contributed by atoms with van der Waals surface area (Å²) in [6.07, 6.45) is 1.92. The first-order valence-corrected chi connectivity index (χ1v) is 9.52. The van der Waals surface area contributed by atoms with E-state index in [1.165, 1.54) is 0 Å². The van der Waals surface area contributed by atoms with Gasteiger partial charge in [-0.2, -0.15) is 0 Å². The lowest BCUT2D eigenvalue weighted by Crippen LogP contribution is -2.44. The number of benzene rings is 2. The highest BCUT2D eigenvalue weighted by Crippen LogP contribution is 2.16. The monoisotopic (exact) mass is 402 g/mol. The maximum Gasteiger partial charge on any atom is 0.260 e. The molecule has 0 radical (unpaired) electrons. The van der Waals surface area contributed by atoms with Crippen LogP contribution in [-0.2, 0) is 4.79 Å². The Labute approximate surface area is 172 Å². The van der Waals surface area contributed by atoms with Crippen molar-refractivity contribution in [2.45, 2.75) is 25.8 Å². The van der Waals surface area contributed by atoms with Gasteiger partial charge in [-0.15, -0.1) is 12.4 Å². The van der Waals surface area contributed by atoms with Crippen molar-refractivity contribution in [2.75, 3.05) is 26.2 Å². The normalized spacial score (nSPS) is 15.5. The van der Waals surface area contributed by atoms with Gasteiger partial charge < -0.3 is 15.0 Å². The van der Waals surface area contributed by atoms with E-state index in [4.69, 9.17) is 4.74 Å². The summed E-state index contributed by atoms with van der Waals surface area (Å²) < 4.78 is 5.67. The van der Waals surface area contributed by atoms with Gasteiger partial charge >= 0.3 is 0 Å². The topological polar surface area (TPSA) is 58.6 Å². The van der Waals surface area contributed by atoms with E-state index >= 15 is 0 Å². The fraction of sp³-hybridized carbons (Fsp3) is 0.364. The highest BCUT2D eigenvalue weighted by molar-refractivity contribution is 6.08. The zero-order chi connectivity index (χ0) is 19.1. The quantitative estimate of drug-likeness (QED) is 0.688. The van der Waals surface area contributed by atoms with Gasteiger partial charge in [-0.1, -0.05) is 37.3 Å². The van der Waals surface area contributed by atoms with E-state index in [1.54, 1.807) is 36.4 Å². The minimum atomic E-state index is -0.0268. The van der Waals surface area contributed by atoms with Crippen molar-refractivity contribution < 1.29 is 14.3 Å². The Morgan fingerprint density at radius 3 is 2.36 bits per heavy atom. The third-order valence-corrected chi connectivity index (χ3v) is 4.77. The van der Waals surface area contributed by atoms with Crippen molar-refractivity contribution in [1.82, 2.24) is 10.2 Å². The molecule has 6 heteroatoms. The SMILES string of the molecule is CCCN(C(=O)COc1ccc(C(=O)c2ccccc2)cc1)C1CCNC1.Cl. The lowest BCUT2D eigenvalue weighted by Gasteiger charge is -2.28. The standard InChI is InChI=1S/C22H26N2O3.ClH/c1-2-14-24(19-12-13-23-15-19)21(25)16-27-20-10-8-18(9-11-20)22(26)17-6-4-3-5-7-17;/h3-11,19,23H,2,12-16H2,1H3;1H. The molecule has 1 aliphatic heterocycles. The molecule has 0 saturated carbocycles. The van der Waals surface area contributed by atoms with E-state index in [0.717, 1.165) is 32.5 Å². The Morgan fingerprint density at radius 1 is 1.07 bits per heavy atom. The first-order valence-electron chi connectivity index (χ1n) is 9.52. The van der Waals surface area contributed by atoms with Crippen LogP contribution in [0, 0.1) is 0 Å². The predicted octanol–water partition coefficient (Wildman–Crippen LogP) is 3.32. The molecule has 150 valence electrons. The maximum absolute atomic E-state index is 12.6. The summed E-state index contributed by atoms with van der Waals surface area (Å²) in [7, 11) is 0. The van der Waals surface area contributed by atoms with Gasteiger partial charge in [0.15, 0.2) is 12.4 Å². The summed E-state index contributed by atoms with van der Waals surface area (Å²) in [5, 5.41) is 3.30. The molecule has 1 N–H and O–H groups in total. The number of halogens is 1. The fourth-order valence-electron chi connectivity index (χ4n) is 3.34. The molecule has 1 saturated heterocycles. The van der Waals surface area contributed by atoms with Crippen LogP contribution in [0.3, 0.4) is 0 Å². The van der Waals surface area contributed by atoms with Gasteiger partial charge in [-0.25, -0.2) is 0 Å². The van der Waals surface area contributed by atoms with Gasteiger partial charge in [0.2, 0.25) is 0 Å². The Kier molecular flexibility index (Phi) is 8.48. The number of carbonyl (C=O) groups excluding carboxylic acids is 2. The summed E-state index contributed by atoms with van der Waals surface area (Å²) in [5.74, 6) is 0.574. The van der Waals surface area contributed by atoms with Crippen LogP contribution in [0.1, 0.15) is 35.7 Å². The summed E-state index contributed by atoms with van der Waals surface area (Å²) in [4.78, 5) is 26.9. The van der Waals surface area contributed by atoms with Gasteiger partial charge in [-0.3, -0.25) is 9.59 Å². The number of hydrogen-bond acceptors (Lipinski definition) is 4. The number of rotatable bonds is 8. The molecule has 0 bridgehead atoms. The molecule has 2 aromatic rings. The highest BCUT2D eigenvalue weighted by Gasteiger charge is 2.26. The van der Waals surface area contributed by atoms with Crippen LogP contribution in [-0.4, -0.2) is 48.9 Å². The van der Waals surface area contributed by atoms with Crippen molar-refractivity contribution in [3.63, 3.8) is 0 Å². The van der Waals surface area contributed by atoms with E-state index in [-0.39, 0.29) is 36.7 Å². The first kappa shape index (κ1) is 21.9. The van der Waals surface area contributed by atoms with E-state index in [2.05, 4.69) is 12.2 Å². The maximum atomic E-state index is 12.6. The Hall–Kier alpha value is -2.37. The minimum absolute atomic E-state index is 0. The number of ether oxygens (including phenoxy) is 1. The largest absolute Gasteiger partial charge is 0.484 e. The van der Waals surface area contributed by atoms with Crippen LogP contribution in [0.25, 0.3) is 0 Å². The van der Waals surface area contributed by atoms with Crippen LogP contribution in [0.4, 0.5) is 0 Å². The van der Waals surface area contributed by atoms with Crippen molar-refractivity contribution in [2.24, 2.45) is 0 Å². The van der Waals surface area contributed by atoms with Gasteiger partial charge in [0.1, 0.15) is 5.75 Å². The lowest BCUT2D eigenvalue weighted by molar-refractivity contribution is -0.135. The van der Waals surface area contributed by atoms with Crippen molar-refractivity contribution >= 4 is 24.1 Å². The fourth-order valence-corrected chi connectivity index (χ4v) is 3.34. The minimum Gasteiger partial charge on any atom is -0.484 e. The molecular weight excluding hydrogens is 376 g/mol. The van der Waals surface area contributed by atoms with E-state index in [0.29, 0.717) is 16.9 Å². The number of carbonyl (C=O) groups is 2. The molecule has 2 aromatic carbocycles. The first-order chi connectivity index (χ1) is 13.2. The summed E-state index contributed by atoms with van der Waals surface area (Å²) in [6, 6.07) is 16.4. The van der Waals surface area contributed by atoms with E-state index in [9.17, 15) is 9.59 Å². The summed E-state index contributed by atoms with van der Waals surface area (Å²) >= 11 is 0. The predicted molar refractivity (Wildman–Crippen MR) is 112 cm³/mol. The molecule has 0 aromatic heterocycles. The smallest absolute Gasteiger partial charge is 0.260 e. The second-order valence-corrected chi connectivity index (χ2v) is 6.74. The molecule has 28 heavy (non-hydrogen) atoms. The number of amides is 1. The van der Waals surface area contributed by atoms with Crippen molar-refractivity contribution in [3.05, 3.63) is 65.7 Å². The molecule has 0 spiro atoms. The number of nitrogens with zero attached hydrogens (tertiary/aromatic N) is 1. The number of nitrogens with one attached hydrogen (secondary N) is 1. The zero-order valence-electron chi connectivity index (χ0n) is 16.1. The number of hydrogen-bond donors (Lipinski definition) is 1. The molecule has 1 amide bonds. The molecule has 5 nitrogen and oxygen atoms in total. The van der Waals surface area contributed by atoms with Gasteiger partial charge in [0.25, 0.3) is 5.91 Å². The number of ketones is 1. The van der Waals surface area contributed by atoms with Gasteiger partial charge in [-0.05, 0) is 43.7 Å². The lowest BCUT2D eigenvalue weighted by atomic mass is 10.0. The van der Waals surface area contributed by atoms with E-state index < -0.39 is 0 Å². The summed E-state index contributed by atoms with van der Waals surface area (Å²) in [6.45, 7) is 4.64. The third-order valence-electron chi connectivity index (χ3n) is 4.77. The summed E-state index contributed by atoms with van der Waals surface area (Å²) in [5.41, 5.74) is 1.26. The Bertz CT molecular complexity index is 759. The van der Waals surface area contributed by atoms with Gasteiger partial charge in [0.05, 0.1) is 0 Å². The molecular formula is C22H27ClN2O3. The Morgan fingerprint density at radius 2 is 1.75 bits per heavy atom. The average molecular weight is 403 g/mol. The van der Waals surface area contributed by atoms with Crippen LogP contribution in [0.2, 0.25) is 0 Å². The van der Waals surface area contributed by atoms with Crippen molar-refractivity contribution in [3.8, 4) is 5.75 Å². The van der Waals surface area contributed by atoms with Gasteiger partial charge in [0, 0.05) is 30.3 Å². The molecule has 3 rings (SSSR count). The second kappa shape index (κ2) is 10.8. The van der Waals surface area contributed by atoms with Crippen LogP contribution >= 0.6 is 12.4 Å². The Balaban J connectivity index is 0.00000280. The second-order valence-electron chi connectivity index (χ2n) is 6.74. The molecule has 1 aliphatic rings. The van der Waals surface area contributed by atoms with Crippen molar-refractivity contribution in [1.29, 1.82) is 0 Å².